The Hall–Kier alpha value is -2.17. The molecule has 8 aliphatic carbocycles. The summed E-state index contributed by atoms with van der Waals surface area (Å²) in [5, 5.41) is 71.6. The Balaban J connectivity index is 0.772. The molecule has 0 amide bonds. The Bertz CT molecular complexity index is 2440. The third kappa shape index (κ3) is 5.00. The molecular formula is C54H74N2O11. The molecule has 8 fully saturated rings. The van der Waals surface area contributed by atoms with Crippen LogP contribution in [0.2, 0.25) is 0 Å². The second-order valence-corrected chi connectivity index (χ2v) is 26.2. The van der Waals surface area contributed by atoms with Gasteiger partial charge in [0.15, 0.2) is 5.79 Å². The first-order valence-electron chi connectivity index (χ1n) is 26.1. The van der Waals surface area contributed by atoms with E-state index >= 15 is 0 Å². The highest BCUT2D eigenvalue weighted by atomic mass is 16.7. The summed E-state index contributed by atoms with van der Waals surface area (Å²) >= 11 is 0. The molecule has 0 bridgehead atoms. The minimum atomic E-state index is -1.52. The first-order valence-corrected chi connectivity index (χ1v) is 26.1. The van der Waals surface area contributed by atoms with Crippen molar-refractivity contribution in [2.45, 2.75) is 197 Å². The van der Waals surface area contributed by atoms with Gasteiger partial charge in [-0.25, -0.2) is 0 Å². The smallest absolute Gasteiger partial charge is 0.201 e. The van der Waals surface area contributed by atoms with E-state index in [2.05, 4.69) is 32.9 Å². The van der Waals surface area contributed by atoms with Gasteiger partial charge in [-0.05, 0) is 120 Å². The summed E-state index contributed by atoms with van der Waals surface area (Å²) in [6, 6.07) is 0. The van der Waals surface area contributed by atoms with Crippen LogP contribution in [-0.2, 0) is 49.4 Å². The Labute approximate surface area is 394 Å². The standard InChI is InChI=1S/C54H74N2O11/c1-26-31-13-14-32-33-12-10-29-16-37-39(20-48(29,7)51(33,62)23-41(59)50(31,32)25-64-53(26)42(60)21-45(3,4)66-53)56-36-15-28-9-11-30-34(47(28,6)19-38(36)55-37)17-40(58)49(8)35(30)18-44-52(49,63)27(2)54(65-44)43(61)22-46(5,24-57)67-54/h14,18,26-31,33-34,40,42-44,57-58,60-63H,9-13,15-17,19-25H2,1-8H3/t26?,27?,28?,29?,30-,31-,33+,34?,40-,42?,43?,44+,46+,47+,48+,49-,50-,51?,52-,53-,54+/m0/s1. The number of aliphatic hydroxyl groups excluding tert-OH is 4. The van der Waals surface area contributed by atoms with E-state index in [0.717, 1.165) is 72.4 Å². The molecule has 5 heterocycles. The SMILES string of the molecule is CC1[C@@H]2CC=C3[C@H]4CCC5Cc6nc7c(nc6C[C@@]5(C)C4(O)CC(=O)[C@]32CO[C@]12OC(C)(C)CC2O)CC1CC[C@@H]2C3=C[C@H]4O[C@@]5(O[C@@](C)(CO)CC5O)C(C)[C@@]4(O)[C@]3(C)[C@@H](O)CC2[C@]1(C)C7. The van der Waals surface area contributed by atoms with Crippen molar-refractivity contribution in [3.63, 3.8) is 0 Å². The first kappa shape index (κ1) is 44.7. The third-order valence-corrected chi connectivity index (χ3v) is 23.1. The fourth-order valence-electron chi connectivity index (χ4n) is 19.3. The largest absolute Gasteiger partial charge is 0.393 e. The lowest BCUT2D eigenvalue weighted by Crippen LogP contribution is -2.70. The molecular weight excluding hydrogens is 853 g/mol. The van der Waals surface area contributed by atoms with Gasteiger partial charge in [0, 0.05) is 47.8 Å². The molecule has 4 saturated carbocycles. The van der Waals surface area contributed by atoms with Crippen molar-refractivity contribution in [3.8, 4) is 0 Å². The molecule has 366 valence electrons. The summed E-state index contributed by atoms with van der Waals surface area (Å²) in [6.45, 7) is 16.2. The van der Waals surface area contributed by atoms with Gasteiger partial charge < -0.3 is 49.6 Å². The normalized spacial score (nSPS) is 57.3. The van der Waals surface area contributed by atoms with Crippen molar-refractivity contribution in [2.75, 3.05) is 13.2 Å². The van der Waals surface area contributed by atoms with Gasteiger partial charge in [-0.15, -0.1) is 0 Å². The number of aromatic nitrogens is 2. The van der Waals surface area contributed by atoms with Crippen LogP contribution < -0.4 is 0 Å². The van der Waals surface area contributed by atoms with Crippen LogP contribution in [0.25, 0.3) is 0 Å². The molecule has 1 aromatic heterocycles. The molecule has 1 aromatic rings. The number of ketones is 1. The van der Waals surface area contributed by atoms with E-state index in [9.17, 15) is 35.4 Å². The van der Waals surface area contributed by atoms with Gasteiger partial charge in [-0.3, -0.25) is 14.8 Å². The van der Waals surface area contributed by atoms with Crippen LogP contribution in [0.5, 0.6) is 0 Å². The second kappa shape index (κ2) is 13.3. The second-order valence-electron chi connectivity index (χ2n) is 26.2. The molecule has 13 rings (SSSR count). The highest BCUT2D eigenvalue weighted by Gasteiger charge is 2.79. The summed E-state index contributed by atoms with van der Waals surface area (Å²) < 4.78 is 26.2. The van der Waals surface area contributed by atoms with Crippen LogP contribution >= 0.6 is 0 Å². The Morgan fingerprint density at radius 3 is 2.13 bits per heavy atom. The number of aliphatic hydroxyl groups is 6. The number of Topliss-reactive ketones (excluding diaryl/α,β-unsaturated/α-hetero) is 1. The molecule has 4 aliphatic heterocycles. The summed E-state index contributed by atoms with van der Waals surface area (Å²) in [5.74, 6) is -2.92. The lowest BCUT2D eigenvalue weighted by atomic mass is 9.42. The van der Waals surface area contributed by atoms with Crippen molar-refractivity contribution in [2.24, 2.45) is 69.0 Å². The number of carbonyl (C=O) groups is 1. The zero-order chi connectivity index (χ0) is 47.2. The minimum absolute atomic E-state index is 0.0598. The van der Waals surface area contributed by atoms with E-state index in [1.807, 2.05) is 27.7 Å². The van der Waals surface area contributed by atoms with Crippen molar-refractivity contribution in [1.82, 2.24) is 9.97 Å². The number of hydrogen-bond donors (Lipinski definition) is 6. The van der Waals surface area contributed by atoms with Crippen LogP contribution in [-0.4, -0.2) is 118 Å². The van der Waals surface area contributed by atoms with Crippen LogP contribution in [0.3, 0.4) is 0 Å². The van der Waals surface area contributed by atoms with E-state index < -0.39 is 80.6 Å². The quantitative estimate of drug-likeness (QED) is 0.214. The minimum Gasteiger partial charge on any atom is -0.393 e. The third-order valence-electron chi connectivity index (χ3n) is 23.1. The van der Waals surface area contributed by atoms with Crippen molar-refractivity contribution in [1.29, 1.82) is 0 Å². The highest BCUT2D eigenvalue weighted by molar-refractivity contribution is 5.92. The Morgan fingerprint density at radius 2 is 1.45 bits per heavy atom. The first-order chi connectivity index (χ1) is 31.4. The summed E-state index contributed by atoms with van der Waals surface area (Å²) in [6.07, 6.45) is 9.30. The number of carbonyl (C=O) groups excluding carboxylic acids is 1. The van der Waals surface area contributed by atoms with Gasteiger partial charge in [0.05, 0.1) is 64.3 Å². The topological polar surface area (TPSA) is 201 Å². The van der Waals surface area contributed by atoms with E-state index in [4.69, 9.17) is 28.9 Å². The molecule has 0 radical (unpaired) electrons. The average molecular weight is 927 g/mol. The van der Waals surface area contributed by atoms with Gasteiger partial charge in [0.2, 0.25) is 5.79 Å². The molecule has 12 aliphatic rings. The summed E-state index contributed by atoms with van der Waals surface area (Å²) in [4.78, 5) is 26.0. The van der Waals surface area contributed by atoms with Gasteiger partial charge >= 0.3 is 0 Å². The van der Waals surface area contributed by atoms with Gasteiger partial charge in [0.1, 0.15) is 29.7 Å². The molecule has 67 heavy (non-hydrogen) atoms. The highest BCUT2D eigenvalue weighted by Crippen LogP contribution is 2.73. The zero-order valence-electron chi connectivity index (χ0n) is 40.8. The van der Waals surface area contributed by atoms with E-state index in [1.54, 1.807) is 6.92 Å². The lowest BCUT2D eigenvalue weighted by molar-refractivity contribution is -0.337. The molecule has 13 heteroatoms. The molecule has 0 aromatic carbocycles. The lowest BCUT2D eigenvalue weighted by Gasteiger charge is -2.64. The number of allylic oxidation sites excluding steroid dienone is 1. The Morgan fingerprint density at radius 1 is 0.761 bits per heavy atom. The van der Waals surface area contributed by atoms with E-state index in [-0.39, 0.29) is 72.8 Å². The van der Waals surface area contributed by atoms with Crippen molar-refractivity contribution < 1.29 is 54.4 Å². The zero-order valence-corrected chi connectivity index (χ0v) is 40.8. The fraction of sp³-hybridized carbons (Fsp3) is 0.833. The van der Waals surface area contributed by atoms with Crippen LogP contribution in [0, 0.1) is 69.0 Å². The van der Waals surface area contributed by atoms with Crippen molar-refractivity contribution >= 4 is 5.78 Å². The summed E-state index contributed by atoms with van der Waals surface area (Å²) in [7, 11) is 0. The number of nitrogens with zero attached hydrogens (tertiary/aromatic N) is 2. The van der Waals surface area contributed by atoms with Crippen molar-refractivity contribution in [3.05, 3.63) is 46.1 Å². The number of rotatable bonds is 1. The maximum absolute atomic E-state index is 15.0. The number of fused-ring (bicyclic) bond motifs is 13. The van der Waals surface area contributed by atoms with E-state index in [0.29, 0.717) is 38.0 Å². The molecule has 6 N–H and O–H groups in total. The molecule has 3 spiro atoms. The molecule has 4 saturated heterocycles. The van der Waals surface area contributed by atoms with Gasteiger partial charge in [-0.2, -0.15) is 0 Å². The van der Waals surface area contributed by atoms with E-state index in [1.165, 1.54) is 0 Å². The maximum atomic E-state index is 15.0. The predicted molar refractivity (Wildman–Crippen MR) is 242 cm³/mol. The van der Waals surface area contributed by atoms with Gasteiger partial charge in [0.25, 0.3) is 0 Å². The van der Waals surface area contributed by atoms with Gasteiger partial charge in [-0.1, -0.05) is 57.9 Å². The van der Waals surface area contributed by atoms with Crippen LogP contribution in [0.4, 0.5) is 0 Å². The number of ether oxygens (including phenoxy) is 4. The number of hydrogen-bond acceptors (Lipinski definition) is 13. The Kier molecular flexibility index (Phi) is 8.86. The fourth-order valence-corrected chi connectivity index (χ4v) is 19.3. The summed E-state index contributed by atoms with van der Waals surface area (Å²) in [5.41, 5.74) is -0.652. The van der Waals surface area contributed by atoms with Crippen LogP contribution in [0.1, 0.15) is 136 Å². The average Bonchev–Trinajstić information content (AvgIpc) is 3.98. The molecule has 8 unspecified atom stereocenters. The maximum Gasteiger partial charge on any atom is 0.201 e. The molecule has 13 nitrogen and oxygen atoms in total. The van der Waals surface area contributed by atoms with Crippen LogP contribution in [0.15, 0.2) is 23.3 Å². The monoisotopic (exact) mass is 927 g/mol. The predicted octanol–water partition coefficient (Wildman–Crippen LogP) is 4.62. The molecule has 21 atom stereocenters.